The molecule has 1 heterocycles. The molecule has 90 valence electrons. The molecule has 1 aromatic heterocycles. The molecule has 2 rings (SSSR count). The Kier molecular flexibility index (Phi) is 3.86. The van der Waals surface area contributed by atoms with Crippen LogP contribution in [0.15, 0.2) is 18.3 Å². The van der Waals surface area contributed by atoms with E-state index in [0.29, 0.717) is 12.2 Å². The van der Waals surface area contributed by atoms with Crippen molar-refractivity contribution in [2.45, 2.75) is 13.5 Å². The van der Waals surface area contributed by atoms with Crippen LogP contribution in [0.1, 0.15) is 9.88 Å². The molecule has 0 bridgehead atoms. The number of hydrogen-bond acceptors (Lipinski definition) is 3. The number of halogens is 3. The van der Waals surface area contributed by atoms with Crippen molar-refractivity contribution >= 4 is 40.2 Å². The Morgan fingerprint density at radius 1 is 1.35 bits per heavy atom. The maximum Gasteiger partial charge on any atom is 0.126 e. The molecule has 0 aliphatic carbocycles. The second-order valence-corrected chi connectivity index (χ2v) is 5.58. The van der Waals surface area contributed by atoms with Crippen molar-refractivity contribution in [1.82, 2.24) is 4.98 Å². The Labute approximate surface area is 112 Å². The zero-order valence-electron chi connectivity index (χ0n) is 8.93. The Balaban J connectivity index is 2.14. The standard InChI is InChI=1S/C11H9Cl2FN2S/c1-6-15-4-8(17-6)5-16-11-9(12)2-7(14)3-10(11)13/h2-4,16H,5H2,1H3. The predicted molar refractivity (Wildman–Crippen MR) is 70.6 cm³/mol. The summed E-state index contributed by atoms with van der Waals surface area (Å²) < 4.78 is 13.0. The lowest BCUT2D eigenvalue weighted by atomic mass is 10.3. The topological polar surface area (TPSA) is 24.9 Å². The lowest BCUT2D eigenvalue weighted by Crippen LogP contribution is -1.99. The molecule has 0 aliphatic rings. The summed E-state index contributed by atoms with van der Waals surface area (Å²) in [5.74, 6) is -0.445. The van der Waals surface area contributed by atoms with Crippen LogP contribution in [0.25, 0.3) is 0 Å². The molecule has 0 fully saturated rings. The highest BCUT2D eigenvalue weighted by Crippen LogP contribution is 2.31. The van der Waals surface area contributed by atoms with E-state index in [1.165, 1.54) is 12.1 Å². The molecule has 1 aromatic carbocycles. The van der Waals surface area contributed by atoms with Gasteiger partial charge >= 0.3 is 0 Å². The molecular formula is C11H9Cl2FN2S. The molecule has 17 heavy (non-hydrogen) atoms. The van der Waals surface area contributed by atoms with E-state index in [4.69, 9.17) is 23.2 Å². The lowest BCUT2D eigenvalue weighted by Gasteiger charge is -2.09. The SMILES string of the molecule is Cc1ncc(CNc2c(Cl)cc(F)cc2Cl)s1. The van der Waals surface area contributed by atoms with E-state index in [9.17, 15) is 4.39 Å². The molecule has 1 N–H and O–H groups in total. The Morgan fingerprint density at radius 2 is 2.00 bits per heavy atom. The molecule has 2 nitrogen and oxygen atoms in total. The van der Waals surface area contributed by atoms with E-state index in [1.807, 2.05) is 6.92 Å². The first-order valence-electron chi connectivity index (χ1n) is 4.86. The normalized spacial score (nSPS) is 10.6. The van der Waals surface area contributed by atoms with Gasteiger partial charge in [-0.1, -0.05) is 23.2 Å². The van der Waals surface area contributed by atoms with Gasteiger partial charge in [0, 0.05) is 11.1 Å². The smallest absolute Gasteiger partial charge is 0.126 e. The third-order valence-electron chi connectivity index (χ3n) is 2.12. The minimum atomic E-state index is -0.445. The number of hydrogen-bond donors (Lipinski definition) is 1. The number of nitrogens with zero attached hydrogens (tertiary/aromatic N) is 1. The Morgan fingerprint density at radius 3 is 2.53 bits per heavy atom. The van der Waals surface area contributed by atoms with E-state index in [-0.39, 0.29) is 10.0 Å². The van der Waals surface area contributed by atoms with Gasteiger partial charge in [-0.05, 0) is 19.1 Å². The van der Waals surface area contributed by atoms with Crippen molar-refractivity contribution < 1.29 is 4.39 Å². The number of anilines is 1. The summed E-state index contributed by atoms with van der Waals surface area (Å²) in [5, 5.41) is 4.62. The highest BCUT2D eigenvalue weighted by molar-refractivity contribution is 7.11. The van der Waals surface area contributed by atoms with Gasteiger partial charge in [-0.25, -0.2) is 9.37 Å². The lowest BCUT2D eigenvalue weighted by molar-refractivity contribution is 0.628. The van der Waals surface area contributed by atoms with Crippen LogP contribution >= 0.6 is 34.5 Å². The minimum Gasteiger partial charge on any atom is -0.378 e. The number of aromatic nitrogens is 1. The monoisotopic (exact) mass is 290 g/mol. The van der Waals surface area contributed by atoms with Crippen LogP contribution in [0.4, 0.5) is 10.1 Å². The minimum absolute atomic E-state index is 0.274. The molecule has 2 aromatic rings. The molecule has 0 radical (unpaired) electrons. The zero-order valence-corrected chi connectivity index (χ0v) is 11.3. The van der Waals surface area contributed by atoms with Crippen molar-refractivity contribution in [2.24, 2.45) is 0 Å². The molecule has 0 amide bonds. The third kappa shape index (κ3) is 3.09. The molecule has 0 saturated heterocycles. The van der Waals surface area contributed by atoms with Crippen molar-refractivity contribution in [2.75, 3.05) is 5.32 Å². The number of rotatable bonds is 3. The summed E-state index contributed by atoms with van der Waals surface area (Å²) in [6, 6.07) is 2.46. The molecule has 0 saturated carbocycles. The van der Waals surface area contributed by atoms with Crippen LogP contribution in [-0.4, -0.2) is 4.98 Å². The van der Waals surface area contributed by atoms with Gasteiger partial charge in [0.05, 0.1) is 27.3 Å². The fraction of sp³-hybridized carbons (Fsp3) is 0.182. The van der Waals surface area contributed by atoms with Crippen molar-refractivity contribution in [3.63, 3.8) is 0 Å². The first-order valence-corrected chi connectivity index (χ1v) is 6.43. The van der Waals surface area contributed by atoms with Gasteiger partial charge in [-0.2, -0.15) is 0 Å². The fourth-order valence-electron chi connectivity index (χ4n) is 1.37. The van der Waals surface area contributed by atoms with Gasteiger partial charge in [0.1, 0.15) is 5.82 Å². The quantitative estimate of drug-likeness (QED) is 0.900. The van der Waals surface area contributed by atoms with Gasteiger partial charge in [0.15, 0.2) is 0 Å². The van der Waals surface area contributed by atoms with Crippen LogP contribution in [0.2, 0.25) is 10.0 Å². The van der Waals surface area contributed by atoms with Crippen molar-refractivity contribution in [1.29, 1.82) is 0 Å². The van der Waals surface area contributed by atoms with Gasteiger partial charge < -0.3 is 5.32 Å². The van der Waals surface area contributed by atoms with Gasteiger partial charge in [-0.15, -0.1) is 11.3 Å². The van der Waals surface area contributed by atoms with E-state index in [2.05, 4.69) is 10.3 Å². The molecule has 0 unspecified atom stereocenters. The summed E-state index contributed by atoms with van der Waals surface area (Å²) in [5.41, 5.74) is 0.542. The van der Waals surface area contributed by atoms with Gasteiger partial charge in [0.2, 0.25) is 0 Å². The van der Waals surface area contributed by atoms with Crippen molar-refractivity contribution in [3.05, 3.63) is 44.1 Å². The first-order chi connectivity index (χ1) is 8.06. The average molecular weight is 291 g/mol. The van der Waals surface area contributed by atoms with E-state index in [1.54, 1.807) is 17.5 Å². The number of benzene rings is 1. The van der Waals surface area contributed by atoms with Crippen molar-refractivity contribution in [3.8, 4) is 0 Å². The Bertz CT molecular complexity index is 519. The van der Waals surface area contributed by atoms with E-state index < -0.39 is 5.82 Å². The first kappa shape index (κ1) is 12.6. The summed E-state index contributed by atoms with van der Waals surface area (Å²) in [4.78, 5) is 5.21. The number of thiazole rings is 1. The highest BCUT2D eigenvalue weighted by atomic mass is 35.5. The number of nitrogens with one attached hydrogen (secondary N) is 1. The van der Waals surface area contributed by atoms with Gasteiger partial charge in [0.25, 0.3) is 0 Å². The summed E-state index contributed by atoms with van der Waals surface area (Å²) in [6.07, 6.45) is 1.79. The third-order valence-corrected chi connectivity index (χ3v) is 3.62. The van der Waals surface area contributed by atoms with Crippen LogP contribution in [0.5, 0.6) is 0 Å². The van der Waals surface area contributed by atoms with Crippen LogP contribution in [0, 0.1) is 12.7 Å². The van der Waals surface area contributed by atoms with E-state index >= 15 is 0 Å². The summed E-state index contributed by atoms with van der Waals surface area (Å²) >= 11 is 13.4. The second-order valence-electron chi connectivity index (χ2n) is 3.44. The molecule has 0 aliphatic heterocycles. The largest absolute Gasteiger partial charge is 0.378 e. The Hall–Kier alpha value is -0.840. The number of aryl methyl sites for hydroxylation is 1. The molecule has 6 heteroatoms. The fourth-order valence-corrected chi connectivity index (χ4v) is 2.70. The second kappa shape index (κ2) is 5.21. The zero-order chi connectivity index (χ0) is 12.4. The average Bonchev–Trinajstić information content (AvgIpc) is 2.62. The maximum atomic E-state index is 13.0. The van der Waals surface area contributed by atoms with Crippen LogP contribution in [-0.2, 0) is 6.54 Å². The van der Waals surface area contributed by atoms with Crippen LogP contribution in [0.3, 0.4) is 0 Å². The molecule has 0 atom stereocenters. The predicted octanol–water partition coefficient (Wildman–Crippen LogP) is 4.51. The molecular weight excluding hydrogens is 282 g/mol. The van der Waals surface area contributed by atoms with Crippen LogP contribution < -0.4 is 5.32 Å². The van der Waals surface area contributed by atoms with E-state index in [0.717, 1.165) is 9.88 Å². The summed E-state index contributed by atoms with van der Waals surface area (Å²) in [7, 11) is 0. The maximum absolute atomic E-state index is 13.0. The molecule has 0 spiro atoms. The highest BCUT2D eigenvalue weighted by Gasteiger charge is 2.08. The van der Waals surface area contributed by atoms with Gasteiger partial charge in [-0.3, -0.25) is 0 Å². The summed E-state index contributed by atoms with van der Waals surface area (Å²) in [6.45, 7) is 2.50.